The van der Waals surface area contributed by atoms with Gasteiger partial charge in [0.2, 0.25) is 0 Å². The molecule has 20 heavy (non-hydrogen) atoms. The third kappa shape index (κ3) is 3.85. The Labute approximate surface area is 121 Å². The molecule has 0 spiro atoms. The maximum Gasteiger partial charge on any atom is 0.250 e. The summed E-state index contributed by atoms with van der Waals surface area (Å²) < 4.78 is 0. The zero-order valence-electron chi connectivity index (χ0n) is 12.9. The molecule has 0 aliphatic rings. The van der Waals surface area contributed by atoms with Crippen LogP contribution in [0.1, 0.15) is 50.9 Å². The number of rotatable bonds is 7. The molecule has 1 amide bonds. The number of hydrogen-bond acceptors (Lipinski definition) is 4. The number of nitrogens with two attached hydrogens (primary N) is 2. The summed E-state index contributed by atoms with van der Waals surface area (Å²) in [5, 5.41) is 0. The highest BCUT2D eigenvalue weighted by Gasteiger charge is 2.20. The molecule has 0 atom stereocenters. The second kappa shape index (κ2) is 7.12. The van der Waals surface area contributed by atoms with Crippen molar-refractivity contribution in [2.75, 3.05) is 17.2 Å². The van der Waals surface area contributed by atoms with E-state index in [1.807, 2.05) is 0 Å². The van der Waals surface area contributed by atoms with Crippen molar-refractivity contribution in [2.24, 2.45) is 11.7 Å². The monoisotopic (exact) mass is 278 g/mol. The summed E-state index contributed by atoms with van der Waals surface area (Å²) >= 11 is 0. The van der Waals surface area contributed by atoms with Gasteiger partial charge in [-0.15, -0.1) is 0 Å². The van der Waals surface area contributed by atoms with E-state index in [-0.39, 0.29) is 0 Å². The van der Waals surface area contributed by atoms with Gasteiger partial charge in [-0.1, -0.05) is 27.7 Å². The Morgan fingerprint density at radius 3 is 2.40 bits per heavy atom. The van der Waals surface area contributed by atoms with Crippen molar-refractivity contribution in [1.29, 1.82) is 0 Å². The lowest BCUT2D eigenvalue weighted by Gasteiger charge is -2.33. The van der Waals surface area contributed by atoms with E-state index in [0.717, 1.165) is 25.2 Å². The van der Waals surface area contributed by atoms with Gasteiger partial charge in [0.1, 0.15) is 5.82 Å². The smallest absolute Gasteiger partial charge is 0.250 e. The Balaban J connectivity index is 3.19. The average Bonchev–Trinajstić information content (AvgIpc) is 2.38. The lowest BCUT2D eigenvalue weighted by atomic mass is 10.1. The number of amides is 1. The molecule has 0 fully saturated rings. The van der Waals surface area contributed by atoms with Gasteiger partial charge in [-0.05, 0) is 24.8 Å². The van der Waals surface area contributed by atoms with Crippen LogP contribution in [0.2, 0.25) is 0 Å². The minimum Gasteiger partial charge on any atom is -0.397 e. The molecule has 1 rings (SSSR count). The predicted molar refractivity (Wildman–Crippen MR) is 83.7 cm³/mol. The van der Waals surface area contributed by atoms with Gasteiger partial charge in [-0.25, -0.2) is 4.98 Å². The number of primary amides is 1. The highest BCUT2D eigenvalue weighted by atomic mass is 16.1. The molecule has 0 aliphatic carbocycles. The maximum absolute atomic E-state index is 11.4. The fourth-order valence-corrected chi connectivity index (χ4v) is 2.38. The second-order valence-electron chi connectivity index (χ2n) is 5.51. The molecule has 0 aromatic carbocycles. The van der Waals surface area contributed by atoms with E-state index in [1.54, 1.807) is 6.07 Å². The van der Waals surface area contributed by atoms with Crippen LogP contribution in [0, 0.1) is 5.92 Å². The molecule has 0 saturated heterocycles. The van der Waals surface area contributed by atoms with E-state index in [4.69, 9.17) is 11.5 Å². The van der Waals surface area contributed by atoms with Crippen LogP contribution >= 0.6 is 0 Å². The van der Waals surface area contributed by atoms with Crippen molar-refractivity contribution in [1.82, 2.24) is 4.98 Å². The van der Waals surface area contributed by atoms with Crippen LogP contribution in [0.25, 0.3) is 0 Å². The van der Waals surface area contributed by atoms with Gasteiger partial charge >= 0.3 is 0 Å². The lowest BCUT2D eigenvalue weighted by Crippen LogP contribution is -2.38. The summed E-state index contributed by atoms with van der Waals surface area (Å²) in [6, 6.07) is 2.10. The van der Waals surface area contributed by atoms with Crippen LogP contribution in [0.3, 0.4) is 0 Å². The summed E-state index contributed by atoms with van der Waals surface area (Å²) in [5.74, 6) is 0.766. The number of anilines is 2. The molecule has 0 aliphatic heterocycles. The third-order valence-electron chi connectivity index (χ3n) is 3.43. The van der Waals surface area contributed by atoms with E-state index >= 15 is 0 Å². The van der Waals surface area contributed by atoms with Crippen LogP contribution in [0.15, 0.2) is 12.3 Å². The topological polar surface area (TPSA) is 85.2 Å². The Bertz CT molecular complexity index is 455. The van der Waals surface area contributed by atoms with Gasteiger partial charge in [-0.2, -0.15) is 0 Å². The maximum atomic E-state index is 11.4. The minimum atomic E-state index is -0.514. The van der Waals surface area contributed by atoms with Crippen molar-refractivity contribution in [3.8, 4) is 0 Å². The Hall–Kier alpha value is -1.78. The molecule has 1 aromatic heterocycles. The molecule has 4 N–H and O–H groups in total. The molecule has 0 saturated carbocycles. The molecular weight excluding hydrogens is 252 g/mol. The standard InChI is InChI=1S/C15H26N4O/c1-5-11(6-2)19(9-10(3)4)14-7-12(15(17)20)13(16)8-18-14/h7-8,10-11H,5-6,9,16H2,1-4H3,(H2,17,20). The van der Waals surface area contributed by atoms with E-state index in [1.165, 1.54) is 6.20 Å². The average molecular weight is 278 g/mol. The Morgan fingerprint density at radius 2 is 1.95 bits per heavy atom. The van der Waals surface area contributed by atoms with Crippen LogP contribution in [0.5, 0.6) is 0 Å². The van der Waals surface area contributed by atoms with Gasteiger partial charge < -0.3 is 16.4 Å². The molecule has 5 heteroatoms. The first-order valence-electron chi connectivity index (χ1n) is 7.22. The largest absolute Gasteiger partial charge is 0.397 e. The molecule has 0 bridgehead atoms. The minimum absolute atomic E-state index is 0.329. The van der Waals surface area contributed by atoms with E-state index in [9.17, 15) is 4.79 Å². The lowest BCUT2D eigenvalue weighted by molar-refractivity contribution is 0.100. The van der Waals surface area contributed by atoms with Crippen LogP contribution < -0.4 is 16.4 Å². The van der Waals surface area contributed by atoms with Crippen LogP contribution in [-0.4, -0.2) is 23.5 Å². The Morgan fingerprint density at radius 1 is 1.35 bits per heavy atom. The van der Waals surface area contributed by atoms with Crippen molar-refractivity contribution in [3.63, 3.8) is 0 Å². The van der Waals surface area contributed by atoms with Crippen molar-refractivity contribution < 1.29 is 4.79 Å². The summed E-state index contributed by atoms with van der Waals surface area (Å²) in [4.78, 5) is 18.1. The number of pyridine rings is 1. The van der Waals surface area contributed by atoms with Gasteiger partial charge in [-0.3, -0.25) is 4.79 Å². The molecule has 0 unspecified atom stereocenters. The quantitative estimate of drug-likeness (QED) is 0.802. The van der Waals surface area contributed by atoms with Gasteiger partial charge in [0, 0.05) is 12.6 Å². The molecule has 112 valence electrons. The highest BCUT2D eigenvalue weighted by molar-refractivity contribution is 5.98. The normalized spacial score (nSPS) is 11.1. The number of carbonyl (C=O) groups excluding carboxylic acids is 1. The first-order valence-corrected chi connectivity index (χ1v) is 7.22. The van der Waals surface area contributed by atoms with Crippen LogP contribution in [0.4, 0.5) is 11.5 Å². The number of hydrogen-bond donors (Lipinski definition) is 2. The SMILES string of the molecule is CCC(CC)N(CC(C)C)c1cc(C(N)=O)c(N)cn1. The van der Waals surface area contributed by atoms with E-state index in [2.05, 4.69) is 37.6 Å². The van der Waals surface area contributed by atoms with Gasteiger partial charge in [0.05, 0.1) is 17.4 Å². The molecule has 0 radical (unpaired) electrons. The summed E-state index contributed by atoms with van der Waals surface area (Å²) in [6.07, 6.45) is 3.58. The summed E-state index contributed by atoms with van der Waals surface area (Å²) in [6.45, 7) is 9.55. The predicted octanol–water partition coefficient (Wildman–Crippen LogP) is 2.41. The van der Waals surface area contributed by atoms with Crippen molar-refractivity contribution in [2.45, 2.75) is 46.6 Å². The van der Waals surface area contributed by atoms with Gasteiger partial charge in [0.15, 0.2) is 0 Å². The number of aromatic nitrogens is 1. The zero-order valence-corrected chi connectivity index (χ0v) is 12.9. The number of nitrogen functional groups attached to an aromatic ring is 1. The second-order valence-corrected chi connectivity index (χ2v) is 5.51. The van der Waals surface area contributed by atoms with E-state index in [0.29, 0.717) is 23.2 Å². The van der Waals surface area contributed by atoms with Gasteiger partial charge in [0.25, 0.3) is 5.91 Å². The Kier molecular flexibility index (Phi) is 5.80. The number of nitrogens with zero attached hydrogens (tertiary/aromatic N) is 2. The fourth-order valence-electron chi connectivity index (χ4n) is 2.38. The fraction of sp³-hybridized carbons (Fsp3) is 0.600. The van der Waals surface area contributed by atoms with Crippen molar-refractivity contribution >= 4 is 17.4 Å². The third-order valence-corrected chi connectivity index (χ3v) is 3.43. The highest BCUT2D eigenvalue weighted by Crippen LogP contribution is 2.23. The molecular formula is C15H26N4O. The van der Waals surface area contributed by atoms with Crippen molar-refractivity contribution in [3.05, 3.63) is 17.8 Å². The van der Waals surface area contributed by atoms with E-state index < -0.39 is 5.91 Å². The van der Waals surface area contributed by atoms with Crippen LogP contribution in [-0.2, 0) is 0 Å². The first-order chi connectivity index (χ1) is 9.40. The molecule has 5 nitrogen and oxygen atoms in total. The summed E-state index contributed by atoms with van der Waals surface area (Å²) in [5.41, 5.74) is 11.8. The molecule has 1 aromatic rings. The summed E-state index contributed by atoms with van der Waals surface area (Å²) in [7, 11) is 0. The first kappa shape index (κ1) is 16.3. The number of carbonyl (C=O) groups is 1. The molecule has 1 heterocycles. The zero-order chi connectivity index (χ0) is 15.3.